The van der Waals surface area contributed by atoms with Gasteiger partial charge in [0.1, 0.15) is 5.15 Å². The lowest BCUT2D eigenvalue weighted by molar-refractivity contribution is -0.150. The van der Waals surface area contributed by atoms with Gasteiger partial charge in [-0.05, 0) is 19.9 Å². The number of hydrogen-bond acceptors (Lipinski definition) is 2. The Hall–Kier alpha value is -0.520. The third-order valence-corrected chi connectivity index (χ3v) is 2.94. The first-order valence-corrected chi connectivity index (χ1v) is 6.05. The van der Waals surface area contributed by atoms with E-state index in [9.17, 15) is 13.2 Å². The Kier molecular flexibility index (Phi) is 5.25. The fourth-order valence-corrected chi connectivity index (χ4v) is 1.85. The second-order valence-electron chi connectivity index (χ2n) is 4.21. The number of alkyl halides is 3. The number of pyridine rings is 1. The molecule has 0 unspecified atom stereocenters. The van der Waals surface area contributed by atoms with E-state index in [0.717, 1.165) is 0 Å². The summed E-state index contributed by atoms with van der Waals surface area (Å²) in [4.78, 5) is 5.10. The van der Waals surface area contributed by atoms with Crippen LogP contribution in [-0.4, -0.2) is 28.6 Å². The highest BCUT2D eigenvalue weighted by molar-refractivity contribution is 6.34. The summed E-state index contributed by atoms with van der Waals surface area (Å²) >= 11 is 11.6. The minimum atomic E-state index is -4.24. The van der Waals surface area contributed by atoms with Crippen molar-refractivity contribution in [1.29, 1.82) is 0 Å². The summed E-state index contributed by atoms with van der Waals surface area (Å²) in [6.07, 6.45) is -2.84. The molecule has 0 aromatic carbocycles. The standard InChI is InChI=1S/C11H13Cl2F3N2/c1-7(2)18(6-11(14,15)16)5-8-4-17-10(13)3-9(8)12/h3-4,7H,5-6H2,1-2H3. The highest BCUT2D eigenvalue weighted by Gasteiger charge is 2.32. The molecule has 0 atom stereocenters. The van der Waals surface area contributed by atoms with E-state index < -0.39 is 12.7 Å². The van der Waals surface area contributed by atoms with Crippen molar-refractivity contribution in [3.63, 3.8) is 0 Å². The molecule has 2 nitrogen and oxygen atoms in total. The van der Waals surface area contributed by atoms with Crippen LogP contribution < -0.4 is 0 Å². The molecule has 0 fully saturated rings. The van der Waals surface area contributed by atoms with E-state index in [0.29, 0.717) is 10.6 Å². The number of nitrogens with zero attached hydrogens (tertiary/aromatic N) is 2. The van der Waals surface area contributed by atoms with Crippen LogP contribution in [0.25, 0.3) is 0 Å². The van der Waals surface area contributed by atoms with Gasteiger partial charge < -0.3 is 0 Å². The normalized spacial score (nSPS) is 12.5. The van der Waals surface area contributed by atoms with Gasteiger partial charge in [-0.25, -0.2) is 4.98 Å². The summed E-state index contributed by atoms with van der Waals surface area (Å²) in [5, 5.41) is 0.540. The first kappa shape index (κ1) is 15.5. The van der Waals surface area contributed by atoms with E-state index in [4.69, 9.17) is 23.2 Å². The molecule has 1 heterocycles. The van der Waals surface area contributed by atoms with Gasteiger partial charge in [0, 0.05) is 29.4 Å². The van der Waals surface area contributed by atoms with Crippen molar-refractivity contribution in [3.05, 3.63) is 28.0 Å². The van der Waals surface area contributed by atoms with Gasteiger partial charge in [0.2, 0.25) is 0 Å². The molecule has 0 spiro atoms. The molecule has 1 aromatic heterocycles. The molecule has 0 aliphatic rings. The second-order valence-corrected chi connectivity index (χ2v) is 5.01. The van der Waals surface area contributed by atoms with Crippen molar-refractivity contribution in [2.24, 2.45) is 0 Å². The monoisotopic (exact) mass is 300 g/mol. The van der Waals surface area contributed by atoms with Gasteiger partial charge in [-0.2, -0.15) is 13.2 Å². The lowest BCUT2D eigenvalue weighted by Gasteiger charge is -2.27. The number of aromatic nitrogens is 1. The van der Waals surface area contributed by atoms with Gasteiger partial charge >= 0.3 is 6.18 Å². The lowest BCUT2D eigenvalue weighted by Crippen LogP contribution is -2.38. The van der Waals surface area contributed by atoms with E-state index in [-0.39, 0.29) is 17.7 Å². The van der Waals surface area contributed by atoms with Crippen LogP contribution in [0.3, 0.4) is 0 Å². The van der Waals surface area contributed by atoms with Crippen molar-refractivity contribution >= 4 is 23.2 Å². The molecule has 1 aromatic rings. The quantitative estimate of drug-likeness (QED) is 0.776. The average Bonchev–Trinajstić information content (AvgIpc) is 2.18. The molecule has 7 heteroatoms. The fourth-order valence-electron chi connectivity index (χ4n) is 1.42. The zero-order chi connectivity index (χ0) is 13.9. The van der Waals surface area contributed by atoms with Crippen LogP contribution in [0.4, 0.5) is 13.2 Å². The van der Waals surface area contributed by atoms with E-state index in [1.807, 2.05) is 0 Å². The molecule has 1 rings (SSSR count). The molecular formula is C11H13Cl2F3N2. The van der Waals surface area contributed by atoms with Crippen LogP contribution in [0.15, 0.2) is 12.3 Å². The van der Waals surface area contributed by atoms with Crippen molar-refractivity contribution in [2.75, 3.05) is 6.54 Å². The zero-order valence-corrected chi connectivity index (χ0v) is 11.4. The highest BCUT2D eigenvalue weighted by Crippen LogP contribution is 2.24. The Labute approximate surface area is 114 Å². The Morgan fingerprint density at radius 2 is 1.94 bits per heavy atom. The van der Waals surface area contributed by atoms with Crippen molar-refractivity contribution in [3.8, 4) is 0 Å². The molecule has 18 heavy (non-hydrogen) atoms. The van der Waals surface area contributed by atoms with Crippen molar-refractivity contribution in [1.82, 2.24) is 9.88 Å². The average molecular weight is 301 g/mol. The molecule has 0 bridgehead atoms. The Bertz CT molecular complexity index is 408. The third kappa shape index (κ3) is 5.00. The number of halogens is 5. The van der Waals surface area contributed by atoms with Crippen LogP contribution in [0, 0.1) is 0 Å². The van der Waals surface area contributed by atoms with Crippen LogP contribution in [0.2, 0.25) is 10.2 Å². The van der Waals surface area contributed by atoms with Crippen LogP contribution in [0.1, 0.15) is 19.4 Å². The van der Waals surface area contributed by atoms with Crippen LogP contribution in [-0.2, 0) is 6.54 Å². The minimum absolute atomic E-state index is 0.0835. The maximum absolute atomic E-state index is 12.4. The summed E-state index contributed by atoms with van der Waals surface area (Å²) in [7, 11) is 0. The number of hydrogen-bond donors (Lipinski definition) is 0. The second kappa shape index (κ2) is 6.08. The summed E-state index contributed by atoms with van der Waals surface area (Å²) < 4.78 is 37.3. The van der Waals surface area contributed by atoms with Gasteiger partial charge in [-0.3, -0.25) is 4.90 Å². The largest absolute Gasteiger partial charge is 0.401 e. The van der Waals surface area contributed by atoms with E-state index >= 15 is 0 Å². The minimum Gasteiger partial charge on any atom is -0.288 e. The first-order valence-electron chi connectivity index (χ1n) is 5.30. The highest BCUT2D eigenvalue weighted by atomic mass is 35.5. The Morgan fingerprint density at radius 1 is 1.33 bits per heavy atom. The first-order chi connectivity index (χ1) is 8.19. The number of rotatable bonds is 4. The molecular weight excluding hydrogens is 288 g/mol. The predicted molar refractivity (Wildman–Crippen MR) is 65.9 cm³/mol. The SMILES string of the molecule is CC(C)N(Cc1cnc(Cl)cc1Cl)CC(F)(F)F. The topological polar surface area (TPSA) is 16.1 Å². The Balaban J connectivity index is 2.83. The van der Waals surface area contributed by atoms with Crippen LogP contribution in [0.5, 0.6) is 0 Å². The van der Waals surface area contributed by atoms with Gasteiger partial charge in [0.25, 0.3) is 0 Å². The molecule has 0 aliphatic heterocycles. The van der Waals surface area contributed by atoms with Gasteiger partial charge in [0.15, 0.2) is 0 Å². The van der Waals surface area contributed by atoms with Crippen molar-refractivity contribution < 1.29 is 13.2 Å². The van der Waals surface area contributed by atoms with E-state index in [1.165, 1.54) is 17.2 Å². The summed E-state index contributed by atoms with van der Waals surface area (Å²) in [5.74, 6) is 0. The van der Waals surface area contributed by atoms with Crippen LogP contribution >= 0.6 is 23.2 Å². The third-order valence-electron chi connectivity index (χ3n) is 2.38. The van der Waals surface area contributed by atoms with E-state index in [1.54, 1.807) is 13.8 Å². The smallest absolute Gasteiger partial charge is 0.288 e. The summed E-state index contributed by atoms with van der Waals surface area (Å²) in [6, 6.07) is 1.17. The predicted octanol–water partition coefficient (Wildman–Crippen LogP) is 4.16. The van der Waals surface area contributed by atoms with Gasteiger partial charge in [0.05, 0.1) is 6.54 Å². The maximum Gasteiger partial charge on any atom is 0.401 e. The lowest BCUT2D eigenvalue weighted by atomic mass is 10.2. The molecule has 0 N–H and O–H groups in total. The summed E-state index contributed by atoms with van der Waals surface area (Å²) in [6.45, 7) is 2.50. The molecule has 102 valence electrons. The molecule has 0 amide bonds. The zero-order valence-electron chi connectivity index (χ0n) is 9.93. The molecule has 0 aliphatic carbocycles. The van der Waals surface area contributed by atoms with Gasteiger partial charge in [-0.1, -0.05) is 23.2 Å². The molecule has 0 radical (unpaired) electrons. The molecule has 0 saturated carbocycles. The molecule has 0 saturated heterocycles. The van der Waals surface area contributed by atoms with Gasteiger partial charge in [-0.15, -0.1) is 0 Å². The Morgan fingerprint density at radius 3 is 2.39 bits per heavy atom. The van der Waals surface area contributed by atoms with E-state index in [2.05, 4.69) is 4.98 Å². The maximum atomic E-state index is 12.4. The van der Waals surface area contributed by atoms with Crippen molar-refractivity contribution in [2.45, 2.75) is 32.6 Å². The fraction of sp³-hybridized carbons (Fsp3) is 0.545. The summed E-state index contributed by atoms with van der Waals surface area (Å²) in [5.41, 5.74) is 0.527.